The lowest BCUT2D eigenvalue weighted by atomic mass is 9.97. The molecular formula is C24H28N4O4S. The number of carbonyl (C=O) groups excluding carboxylic acids is 1. The summed E-state index contributed by atoms with van der Waals surface area (Å²) in [6.45, 7) is 4.21. The van der Waals surface area contributed by atoms with E-state index in [2.05, 4.69) is 5.32 Å². The maximum atomic E-state index is 13.0. The Labute approximate surface area is 193 Å². The molecule has 33 heavy (non-hydrogen) atoms. The average molecular weight is 469 g/mol. The van der Waals surface area contributed by atoms with E-state index in [0.717, 1.165) is 5.56 Å². The zero-order chi connectivity index (χ0) is 23.8. The topological polar surface area (TPSA) is 93.4 Å². The molecule has 2 heterocycles. The van der Waals surface area contributed by atoms with Crippen molar-refractivity contribution in [3.05, 3.63) is 76.2 Å². The fraction of sp³-hybridized carbons (Fsp3) is 0.333. The van der Waals surface area contributed by atoms with Crippen LogP contribution in [0.25, 0.3) is 5.69 Å². The maximum Gasteiger partial charge on any atom is 0.295 e. The van der Waals surface area contributed by atoms with E-state index in [-0.39, 0.29) is 41.1 Å². The van der Waals surface area contributed by atoms with Gasteiger partial charge in [0.15, 0.2) is 0 Å². The number of nitrogens with zero attached hydrogens (tertiary/aromatic N) is 3. The molecule has 1 amide bonds. The smallest absolute Gasteiger partial charge is 0.295 e. The molecule has 0 bridgehead atoms. The summed E-state index contributed by atoms with van der Waals surface area (Å²) in [6.07, 6.45) is 0.797. The van der Waals surface area contributed by atoms with Gasteiger partial charge in [-0.15, -0.1) is 0 Å². The van der Waals surface area contributed by atoms with Gasteiger partial charge in [0.1, 0.15) is 5.69 Å². The Bertz CT molecular complexity index is 1320. The molecule has 9 heteroatoms. The van der Waals surface area contributed by atoms with Crippen LogP contribution in [0.5, 0.6) is 0 Å². The highest BCUT2D eigenvalue weighted by molar-refractivity contribution is 7.89. The van der Waals surface area contributed by atoms with E-state index >= 15 is 0 Å². The number of carbonyl (C=O) groups is 1. The fourth-order valence-electron chi connectivity index (χ4n) is 4.16. The standard InChI is InChI=1S/C24H28N4O4S/c1-17-9-11-21(12-10-17)33(31,32)27-15-13-19(14-16-27)23(29)25-22-18(2)26(3)28(24(22)30)20-7-5-4-6-8-20/h4-12,19H,13-16H2,1-3H3,(H,25,29). The van der Waals surface area contributed by atoms with Gasteiger partial charge in [-0.2, -0.15) is 4.31 Å². The molecule has 3 aromatic rings. The number of piperidine rings is 1. The summed E-state index contributed by atoms with van der Waals surface area (Å²) in [7, 11) is -1.82. The van der Waals surface area contributed by atoms with Gasteiger partial charge in [0.25, 0.3) is 5.56 Å². The van der Waals surface area contributed by atoms with Gasteiger partial charge in [-0.05, 0) is 51.0 Å². The van der Waals surface area contributed by atoms with Crippen LogP contribution in [0.4, 0.5) is 5.69 Å². The summed E-state index contributed by atoms with van der Waals surface area (Å²) in [5, 5.41) is 2.81. The molecule has 1 aromatic heterocycles. The molecule has 0 atom stereocenters. The summed E-state index contributed by atoms with van der Waals surface area (Å²) >= 11 is 0. The Kier molecular flexibility index (Phi) is 6.27. The van der Waals surface area contributed by atoms with E-state index in [1.807, 2.05) is 37.3 Å². The Balaban J connectivity index is 1.46. The van der Waals surface area contributed by atoms with Gasteiger partial charge in [0.2, 0.25) is 15.9 Å². The van der Waals surface area contributed by atoms with Gasteiger partial charge in [0, 0.05) is 26.1 Å². The summed E-state index contributed by atoms with van der Waals surface area (Å²) in [4.78, 5) is 26.3. The van der Waals surface area contributed by atoms with E-state index in [0.29, 0.717) is 24.2 Å². The molecule has 1 aliphatic heterocycles. The first-order valence-electron chi connectivity index (χ1n) is 10.9. The van der Waals surface area contributed by atoms with Gasteiger partial charge in [-0.25, -0.2) is 13.1 Å². The van der Waals surface area contributed by atoms with Crippen LogP contribution in [0.15, 0.2) is 64.3 Å². The first kappa shape index (κ1) is 23.0. The second-order valence-corrected chi connectivity index (χ2v) is 10.4. The SMILES string of the molecule is Cc1ccc(S(=O)(=O)N2CCC(C(=O)Nc3c(C)n(C)n(-c4ccccc4)c3=O)CC2)cc1. The maximum absolute atomic E-state index is 13.0. The molecule has 1 fully saturated rings. The number of anilines is 1. The Morgan fingerprint density at radius 2 is 1.58 bits per heavy atom. The van der Waals surface area contributed by atoms with Crippen LogP contribution in [-0.2, 0) is 21.9 Å². The minimum Gasteiger partial charge on any atom is -0.320 e. The molecule has 1 N–H and O–H groups in total. The number of hydrogen-bond donors (Lipinski definition) is 1. The van der Waals surface area contributed by atoms with Crippen molar-refractivity contribution in [1.82, 2.24) is 13.7 Å². The highest BCUT2D eigenvalue weighted by atomic mass is 32.2. The highest BCUT2D eigenvalue weighted by Crippen LogP contribution is 2.25. The fourth-order valence-corrected chi connectivity index (χ4v) is 5.62. The van der Waals surface area contributed by atoms with E-state index in [1.165, 1.54) is 8.99 Å². The van der Waals surface area contributed by atoms with Crippen molar-refractivity contribution in [3.63, 3.8) is 0 Å². The first-order valence-corrected chi connectivity index (χ1v) is 12.4. The average Bonchev–Trinajstić information content (AvgIpc) is 3.03. The van der Waals surface area contributed by atoms with Crippen LogP contribution in [0.2, 0.25) is 0 Å². The lowest BCUT2D eigenvalue weighted by molar-refractivity contribution is -0.120. The zero-order valence-electron chi connectivity index (χ0n) is 19.0. The number of benzene rings is 2. The number of aromatic nitrogens is 2. The predicted molar refractivity (Wildman–Crippen MR) is 127 cm³/mol. The Morgan fingerprint density at radius 1 is 0.970 bits per heavy atom. The van der Waals surface area contributed by atoms with E-state index < -0.39 is 10.0 Å². The molecule has 4 rings (SSSR count). The zero-order valence-corrected chi connectivity index (χ0v) is 19.8. The lowest BCUT2D eigenvalue weighted by Crippen LogP contribution is -2.41. The molecule has 2 aromatic carbocycles. The van der Waals surface area contributed by atoms with Crippen LogP contribution in [0.1, 0.15) is 24.1 Å². The third-order valence-electron chi connectivity index (χ3n) is 6.29. The number of rotatable bonds is 5. The molecule has 0 unspecified atom stereocenters. The second kappa shape index (κ2) is 8.99. The largest absolute Gasteiger partial charge is 0.320 e. The van der Waals surface area contributed by atoms with Crippen molar-refractivity contribution < 1.29 is 13.2 Å². The highest BCUT2D eigenvalue weighted by Gasteiger charge is 2.32. The normalized spacial score (nSPS) is 15.5. The van der Waals surface area contributed by atoms with E-state index in [9.17, 15) is 18.0 Å². The van der Waals surface area contributed by atoms with Crippen molar-refractivity contribution in [1.29, 1.82) is 0 Å². The molecule has 0 aliphatic carbocycles. The predicted octanol–water partition coefficient (Wildman–Crippen LogP) is 2.83. The molecule has 8 nitrogen and oxygen atoms in total. The van der Waals surface area contributed by atoms with Crippen LogP contribution >= 0.6 is 0 Å². The molecule has 174 valence electrons. The third kappa shape index (κ3) is 4.38. The minimum atomic E-state index is -3.59. The van der Waals surface area contributed by atoms with Gasteiger partial charge >= 0.3 is 0 Å². The third-order valence-corrected chi connectivity index (χ3v) is 8.20. The van der Waals surface area contributed by atoms with Gasteiger partial charge < -0.3 is 5.32 Å². The van der Waals surface area contributed by atoms with E-state index in [1.54, 1.807) is 42.9 Å². The molecular weight excluding hydrogens is 440 g/mol. The summed E-state index contributed by atoms with van der Waals surface area (Å²) < 4.78 is 30.5. The van der Waals surface area contributed by atoms with Crippen LogP contribution in [0.3, 0.4) is 0 Å². The molecule has 0 saturated carbocycles. The Hall–Kier alpha value is -3.17. The number of hydrogen-bond acceptors (Lipinski definition) is 4. The number of aryl methyl sites for hydroxylation is 1. The van der Waals surface area contributed by atoms with Gasteiger partial charge in [-0.1, -0.05) is 35.9 Å². The summed E-state index contributed by atoms with van der Waals surface area (Å²) in [5.41, 5.74) is 2.31. The number of para-hydroxylation sites is 1. The van der Waals surface area contributed by atoms with Gasteiger partial charge in [-0.3, -0.25) is 14.3 Å². The van der Waals surface area contributed by atoms with Crippen LogP contribution in [-0.4, -0.2) is 41.1 Å². The summed E-state index contributed by atoms with van der Waals surface area (Å²) in [5.74, 6) is -0.618. The molecule has 0 radical (unpaired) electrons. The van der Waals surface area contributed by atoms with Crippen molar-refractivity contribution in [2.75, 3.05) is 18.4 Å². The van der Waals surface area contributed by atoms with Crippen molar-refractivity contribution in [2.45, 2.75) is 31.6 Å². The summed E-state index contributed by atoms with van der Waals surface area (Å²) in [6, 6.07) is 16.0. The van der Waals surface area contributed by atoms with Crippen molar-refractivity contribution in [3.8, 4) is 5.69 Å². The molecule has 1 saturated heterocycles. The number of nitrogens with one attached hydrogen (secondary N) is 1. The van der Waals surface area contributed by atoms with E-state index in [4.69, 9.17) is 0 Å². The van der Waals surface area contributed by atoms with Crippen molar-refractivity contribution >= 4 is 21.6 Å². The van der Waals surface area contributed by atoms with Crippen LogP contribution < -0.4 is 10.9 Å². The lowest BCUT2D eigenvalue weighted by Gasteiger charge is -2.30. The number of amides is 1. The first-order chi connectivity index (χ1) is 15.7. The molecule has 0 spiro atoms. The van der Waals surface area contributed by atoms with Crippen molar-refractivity contribution in [2.24, 2.45) is 13.0 Å². The minimum absolute atomic E-state index is 0.251. The number of sulfonamides is 1. The second-order valence-electron chi connectivity index (χ2n) is 8.42. The quantitative estimate of drug-likeness (QED) is 0.623. The monoisotopic (exact) mass is 468 g/mol. The molecule has 1 aliphatic rings. The van der Waals surface area contributed by atoms with Crippen LogP contribution in [0, 0.1) is 19.8 Å². The Morgan fingerprint density at radius 3 is 2.18 bits per heavy atom. The van der Waals surface area contributed by atoms with Gasteiger partial charge in [0.05, 0.1) is 16.3 Å².